The van der Waals surface area contributed by atoms with Crippen LogP contribution in [0.25, 0.3) is 0 Å². The third-order valence-corrected chi connectivity index (χ3v) is 0. The average molecular weight is 473 g/mol. The standard InChI is InChI=1S/Ba.Hf.O.Pr/q+2;+4;-2;+3. The van der Waals surface area contributed by atoms with Crippen LogP contribution < -0.4 is 0 Å². The molecule has 0 aromatic rings. The minimum atomic E-state index is 0. The Hall–Kier alpha value is 3.77. The van der Waals surface area contributed by atoms with E-state index in [1.54, 1.807) is 0 Å². The fourth-order valence-electron chi connectivity index (χ4n) is 0. The van der Waals surface area contributed by atoms with Crippen LogP contribution in [0, 0.1) is 41.3 Å². The number of hydrogen-bond acceptors (Lipinski definition) is 0. The topological polar surface area (TPSA) is 28.5 Å². The van der Waals surface area contributed by atoms with Crippen LogP contribution in [0.5, 0.6) is 0 Å². The molecule has 0 fully saturated rings. The minimum absolute atomic E-state index is 0. The molecule has 0 bridgehead atoms. The molecule has 0 N–H and O–H groups in total. The monoisotopic (exact) mass is 475 g/mol. The predicted molar refractivity (Wildman–Crippen MR) is 6.44 cm³/mol. The summed E-state index contributed by atoms with van der Waals surface area (Å²) >= 11 is 0. The van der Waals surface area contributed by atoms with Crippen LogP contribution in [0.1, 0.15) is 0 Å². The van der Waals surface area contributed by atoms with Crippen LogP contribution >= 0.6 is 0 Å². The summed E-state index contributed by atoms with van der Waals surface area (Å²) in [6.07, 6.45) is 0. The molecule has 0 aliphatic heterocycles. The molecule has 0 aromatic heterocycles. The Morgan fingerprint density at radius 2 is 1.00 bits per heavy atom. The van der Waals surface area contributed by atoms with Crippen LogP contribution in [0.4, 0.5) is 0 Å². The molecule has 4 heavy (non-hydrogen) atoms. The molecule has 4 heteroatoms. The van der Waals surface area contributed by atoms with E-state index in [4.69, 9.17) is 0 Å². The summed E-state index contributed by atoms with van der Waals surface area (Å²) in [7, 11) is 0. The molecule has 0 heterocycles. The van der Waals surface area contributed by atoms with E-state index >= 15 is 0 Å². The van der Waals surface area contributed by atoms with Gasteiger partial charge in [0.2, 0.25) is 0 Å². The first-order chi connectivity index (χ1) is 0. The molecule has 0 atom stereocenters. The maximum absolute atomic E-state index is 0. The molecule has 0 aliphatic rings. The van der Waals surface area contributed by atoms with Crippen molar-refractivity contribution >= 4 is 48.9 Å². The maximum Gasteiger partial charge on any atom is 4.00 e. The summed E-state index contributed by atoms with van der Waals surface area (Å²) in [6.45, 7) is 0. The molecule has 0 aliphatic carbocycles. The molecule has 0 saturated carbocycles. The van der Waals surface area contributed by atoms with E-state index in [0.29, 0.717) is 0 Å². The van der Waals surface area contributed by atoms with Gasteiger partial charge in [-0.15, -0.1) is 0 Å². The zero-order valence-corrected chi connectivity index (χ0v) is 13.9. The fraction of sp³-hybridized carbons (Fsp3) is 0. The fourth-order valence-corrected chi connectivity index (χ4v) is 0. The van der Waals surface area contributed by atoms with Gasteiger partial charge in [-0.3, -0.25) is 0 Å². The molecule has 0 aromatic carbocycles. The van der Waals surface area contributed by atoms with Crippen molar-refractivity contribution in [3.63, 3.8) is 0 Å². The van der Waals surface area contributed by atoms with Crippen molar-refractivity contribution in [1.29, 1.82) is 0 Å². The van der Waals surface area contributed by atoms with Gasteiger partial charge < -0.3 is 5.48 Å². The van der Waals surface area contributed by atoms with Gasteiger partial charge in [0.25, 0.3) is 0 Å². The predicted octanol–water partition coefficient (Wildman–Crippen LogP) is -0.502. The van der Waals surface area contributed by atoms with Crippen molar-refractivity contribution < 1.29 is 72.6 Å². The average Bonchev–Trinajstić information content (AvgIpc) is 0. The Bertz CT molecular complexity index is 8.00. The summed E-state index contributed by atoms with van der Waals surface area (Å²) in [5.74, 6) is 0. The molecular formula is BaHfOPr+7. The van der Waals surface area contributed by atoms with Crippen LogP contribution in [0.15, 0.2) is 0 Å². The van der Waals surface area contributed by atoms with E-state index in [2.05, 4.69) is 0 Å². The molecule has 1 nitrogen and oxygen atoms in total. The molecule has 0 spiro atoms. The van der Waals surface area contributed by atoms with Crippen molar-refractivity contribution in [2.24, 2.45) is 0 Å². The van der Waals surface area contributed by atoms with Crippen molar-refractivity contribution in [3.8, 4) is 0 Å². The normalized spacial score (nSPS) is 0. The Morgan fingerprint density at radius 3 is 1.00 bits per heavy atom. The first kappa shape index (κ1) is 25.1. The van der Waals surface area contributed by atoms with Crippen molar-refractivity contribution in [2.75, 3.05) is 0 Å². The van der Waals surface area contributed by atoms with E-state index in [-0.39, 0.29) is 121 Å². The molecule has 0 amide bonds. The number of hydrogen-bond donors (Lipinski definition) is 0. The summed E-state index contributed by atoms with van der Waals surface area (Å²) in [4.78, 5) is 0. The van der Waals surface area contributed by atoms with Gasteiger partial charge in [-0.05, 0) is 0 Å². The third-order valence-electron chi connectivity index (χ3n) is 0. The quantitative estimate of drug-likeness (QED) is 0.426. The molecule has 0 rings (SSSR count). The van der Waals surface area contributed by atoms with Gasteiger partial charge in [-0.25, -0.2) is 0 Å². The van der Waals surface area contributed by atoms with E-state index in [1.165, 1.54) is 0 Å². The Kier molecular flexibility index (Phi) is 99.4. The molecule has 8 valence electrons. The Morgan fingerprint density at radius 1 is 1.00 bits per heavy atom. The summed E-state index contributed by atoms with van der Waals surface area (Å²) in [5, 5.41) is 0. The van der Waals surface area contributed by atoms with E-state index in [1.807, 2.05) is 0 Å². The van der Waals surface area contributed by atoms with Gasteiger partial charge in [0, 0.05) is 0 Å². The molecule has 0 radical (unpaired) electrons. The van der Waals surface area contributed by atoms with Crippen molar-refractivity contribution in [2.45, 2.75) is 0 Å². The van der Waals surface area contributed by atoms with E-state index < -0.39 is 0 Å². The summed E-state index contributed by atoms with van der Waals surface area (Å²) < 4.78 is 0. The van der Waals surface area contributed by atoms with Crippen molar-refractivity contribution in [3.05, 3.63) is 0 Å². The van der Waals surface area contributed by atoms with E-state index in [9.17, 15) is 0 Å². The third kappa shape index (κ3) is 9.23. The first-order valence-electron chi connectivity index (χ1n) is 0. The maximum atomic E-state index is 0. The van der Waals surface area contributed by atoms with Crippen LogP contribution in [-0.2, 0) is 31.3 Å². The summed E-state index contributed by atoms with van der Waals surface area (Å²) in [6, 6.07) is 0. The van der Waals surface area contributed by atoms with Gasteiger partial charge in [-0.2, -0.15) is 0 Å². The molecule has 0 saturated heterocycles. The van der Waals surface area contributed by atoms with Crippen LogP contribution in [0.3, 0.4) is 0 Å². The zero-order chi connectivity index (χ0) is 0. The van der Waals surface area contributed by atoms with Crippen molar-refractivity contribution in [1.82, 2.24) is 0 Å². The second-order valence-electron chi connectivity index (χ2n) is 0. The van der Waals surface area contributed by atoms with E-state index in [0.717, 1.165) is 0 Å². The SMILES string of the molecule is [Ba+2].[Hf+4].[O-2].[Pr+3]. The second-order valence-corrected chi connectivity index (χ2v) is 0. The van der Waals surface area contributed by atoms with Gasteiger partial charge in [-0.1, -0.05) is 0 Å². The molecular weight excluding hydrogens is 473 g/mol. The largest absolute Gasteiger partial charge is 4.00 e. The van der Waals surface area contributed by atoms with Gasteiger partial charge in [0.1, 0.15) is 0 Å². The van der Waals surface area contributed by atoms with Gasteiger partial charge >= 0.3 is 116 Å². The molecule has 0 unspecified atom stereocenters. The second kappa shape index (κ2) is 15.9. The van der Waals surface area contributed by atoms with Crippen LogP contribution in [-0.4, -0.2) is 48.9 Å². The smallest absolute Gasteiger partial charge is 2.00 e. The Labute approximate surface area is 118 Å². The van der Waals surface area contributed by atoms with Gasteiger partial charge in [0.15, 0.2) is 0 Å². The Balaban J connectivity index is 0. The summed E-state index contributed by atoms with van der Waals surface area (Å²) in [5.41, 5.74) is 0. The first-order valence-corrected chi connectivity index (χ1v) is 0. The van der Waals surface area contributed by atoms with Gasteiger partial charge in [0.05, 0.1) is 0 Å². The van der Waals surface area contributed by atoms with Crippen LogP contribution in [0.2, 0.25) is 0 Å². The zero-order valence-electron chi connectivity index (χ0n) is 2.19. The minimum Gasteiger partial charge on any atom is -2.00 e. The number of rotatable bonds is 0.